The third-order valence-corrected chi connectivity index (χ3v) is 3.78. The van der Waals surface area contributed by atoms with Gasteiger partial charge in [0.1, 0.15) is 6.61 Å². The van der Waals surface area contributed by atoms with E-state index in [0.29, 0.717) is 18.1 Å². The van der Waals surface area contributed by atoms with E-state index >= 15 is 0 Å². The van der Waals surface area contributed by atoms with Gasteiger partial charge in [0.2, 0.25) is 0 Å². The van der Waals surface area contributed by atoms with E-state index in [0.717, 1.165) is 12.8 Å². The molecule has 0 aromatic carbocycles. The molecule has 0 radical (unpaired) electrons. The highest BCUT2D eigenvalue weighted by Gasteiger charge is 2.24. The molecule has 0 aromatic rings. The minimum absolute atomic E-state index is 0.266. The van der Waals surface area contributed by atoms with Gasteiger partial charge >= 0.3 is 5.97 Å². The lowest BCUT2D eigenvalue weighted by Crippen LogP contribution is -2.17. The molecule has 0 unspecified atom stereocenters. The topological polar surface area (TPSA) is 26.3 Å². The molecule has 2 rings (SSSR count). The molecule has 98 valence electrons. The van der Waals surface area contributed by atoms with Crippen molar-refractivity contribution >= 4 is 5.97 Å². The summed E-state index contributed by atoms with van der Waals surface area (Å²) in [4.78, 5) is 11.5. The number of carbonyl (C=O) groups excluding carboxylic acids is 1. The largest absolute Gasteiger partial charge is 0.461 e. The summed E-state index contributed by atoms with van der Waals surface area (Å²) in [5.74, 6) is 0.0653. The van der Waals surface area contributed by atoms with Crippen LogP contribution in [0.15, 0.2) is 35.5 Å². The van der Waals surface area contributed by atoms with Gasteiger partial charge in [0.15, 0.2) is 0 Å². The van der Waals surface area contributed by atoms with Crippen LogP contribution in [0.1, 0.15) is 45.4 Å². The second-order valence-corrected chi connectivity index (χ2v) is 5.27. The van der Waals surface area contributed by atoms with E-state index in [9.17, 15) is 4.79 Å². The number of carbonyl (C=O) groups is 1. The molecule has 2 aliphatic rings. The Morgan fingerprint density at radius 3 is 2.22 bits per heavy atom. The van der Waals surface area contributed by atoms with Crippen molar-refractivity contribution in [2.24, 2.45) is 5.92 Å². The molecule has 2 aliphatic carbocycles. The van der Waals surface area contributed by atoms with Crippen LogP contribution in [0.4, 0.5) is 0 Å². The lowest BCUT2D eigenvalue weighted by molar-refractivity contribution is -0.139. The zero-order valence-electron chi connectivity index (χ0n) is 11.2. The molecule has 0 saturated carbocycles. The number of rotatable bonds is 5. The van der Waals surface area contributed by atoms with Gasteiger partial charge < -0.3 is 4.74 Å². The van der Waals surface area contributed by atoms with E-state index in [1.807, 2.05) is 0 Å². The summed E-state index contributed by atoms with van der Waals surface area (Å²) in [6.45, 7) is 5.81. The maximum absolute atomic E-state index is 11.5. The number of hydrogen-bond donors (Lipinski definition) is 0. The predicted octanol–water partition coefficient (Wildman–Crippen LogP) is 3.94. The monoisotopic (exact) mass is 246 g/mol. The van der Waals surface area contributed by atoms with Crippen LogP contribution in [0, 0.1) is 5.92 Å². The highest BCUT2D eigenvalue weighted by Crippen LogP contribution is 2.35. The van der Waals surface area contributed by atoms with Crippen molar-refractivity contribution < 1.29 is 9.53 Å². The molecular weight excluding hydrogens is 224 g/mol. The summed E-state index contributed by atoms with van der Waals surface area (Å²) in [7, 11) is 0. The standard InChI is InChI=1S/C16H22O2/c1-12(2)16(17)18-11-15(13-7-3-4-8-13)14-9-5-6-10-14/h7,9,15H,1,3-6,8,10-11H2,2H3. The van der Waals surface area contributed by atoms with Crippen molar-refractivity contribution in [3.8, 4) is 0 Å². The Bertz CT molecular complexity index is 377. The van der Waals surface area contributed by atoms with E-state index in [2.05, 4.69) is 18.7 Å². The normalized spacial score (nSPS) is 18.8. The van der Waals surface area contributed by atoms with Crippen molar-refractivity contribution in [1.29, 1.82) is 0 Å². The van der Waals surface area contributed by atoms with Crippen molar-refractivity contribution in [2.75, 3.05) is 6.61 Å². The third-order valence-electron chi connectivity index (χ3n) is 3.78. The molecule has 0 saturated heterocycles. The molecule has 0 bridgehead atoms. The van der Waals surface area contributed by atoms with Gasteiger partial charge in [-0.05, 0) is 45.4 Å². The van der Waals surface area contributed by atoms with Crippen LogP contribution in [-0.2, 0) is 9.53 Å². The van der Waals surface area contributed by atoms with E-state index in [1.54, 1.807) is 6.92 Å². The lowest BCUT2D eigenvalue weighted by Gasteiger charge is -2.20. The second kappa shape index (κ2) is 6.03. The molecule has 0 N–H and O–H groups in total. The fraction of sp³-hybridized carbons (Fsp3) is 0.562. The first kappa shape index (κ1) is 13.1. The van der Waals surface area contributed by atoms with E-state index in [1.165, 1.54) is 36.8 Å². The quantitative estimate of drug-likeness (QED) is 0.417. The summed E-state index contributed by atoms with van der Waals surface area (Å²) in [5.41, 5.74) is 3.42. The molecule has 0 heterocycles. The Morgan fingerprint density at radius 2 is 1.83 bits per heavy atom. The van der Waals surface area contributed by atoms with Gasteiger partial charge in [0, 0.05) is 11.5 Å². The maximum atomic E-state index is 11.5. The average molecular weight is 246 g/mol. The van der Waals surface area contributed by atoms with Gasteiger partial charge in [-0.15, -0.1) is 0 Å². The summed E-state index contributed by atoms with van der Waals surface area (Å²) >= 11 is 0. The van der Waals surface area contributed by atoms with Crippen LogP contribution >= 0.6 is 0 Å². The fourth-order valence-electron chi connectivity index (χ4n) is 2.76. The van der Waals surface area contributed by atoms with Crippen molar-refractivity contribution in [3.05, 3.63) is 35.5 Å². The first-order valence-corrected chi connectivity index (χ1v) is 6.89. The second-order valence-electron chi connectivity index (χ2n) is 5.27. The summed E-state index contributed by atoms with van der Waals surface area (Å²) < 4.78 is 5.37. The highest BCUT2D eigenvalue weighted by molar-refractivity contribution is 5.86. The fourth-order valence-corrected chi connectivity index (χ4v) is 2.76. The molecule has 18 heavy (non-hydrogen) atoms. The first-order chi connectivity index (χ1) is 8.68. The Morgan fingerprint density at radius 1 is 1.28 bits per heavy atom. The minimum atomic E-state index is -0.266. The molecule has 0 fully saturated rings. The molecule has 0 aliphatic heterocycles. The van der Waals surface area contributed by atoms with Crippen molar-refractivity contribution in [2.45, 2.75) is 45.4 Å². The Balaban J connectivity index is 2.00. The zero-order valence-corrected chi connectivity index (χ0v) is 11.2. The van der Waals surface area contributed by atoms with Gasteiger partial charge in [-0.2, -0.15) is 0 Å². The number of hydrogen-bond acceptors (Lipinski definition) is 2. The number of ether oxygens (including phenoxy) is 1. The molecule has 0 atom stereocenters. The molecule has 0 aromatic heterocycles. The molecule has 2 heteroatoms. The molecular formula is C16H22O2. The van der Waals surface area contributed by atoms with Gasteiger partial charge in [-0.1, -0.05) is 29.9 Å². The minimum Gasteiger partial charge on any atom is -0.461 e. The predicted molar refractivity (Wildman–Crippen MR) is 73.1 cm³/mol. The lowest BCUT2D eigenvalue weighted by atomic mass is 9.90. The van der Waals surface area contributed by atoms with Crippen molar-refractivity contribution in [3.63, 3.8) is 0 Å². The first-order valence-electron chi connectivity index (χ1n) is 6.89. The number of allylic oxidation sites excluding steroid dienone is 2. The van der Waals surface area contributed by atoms with Gasteiger partial charge in [-0.25, -0.2) is 4.79 Å². The maximum Gasteiger partial charge on any atom is 0.333 e. The molecule has 2 nitrogen and oxygen atoms in total. The number of esters is 1. The average Bonchev–Trinajstić information content (AvgIpc) is 3.01. The van der Waals surface area contributed by atoms with E-state index in [-0.39, 0.29) is 5.97 Å². The Kier molecular flexibility index (Phi) is 4.40. The third kappa shape index (κ3) is 3.12. The van der Waals surface area contributed by atoms with Gasteiger partial charge in [0.05, 0.1) is 0 Å². The van der Waals surface area contributed by atoms with Gasteiger partial charge in [0.25, 0.3) is 0 Å². The van der Waals surface area contributed by atoms with E-state index in [4.69, 9.17) is 4.74 Å². The summed E-state index contributed by atoms with van der Waals surface area (Å²) in [6.07, 6.45) is 11.8. The molecule has 0 amide bonds. The SMILES string of the molecule is C=C(C)C(=O)OCC(C1=CCCC1)C1=CCCC1. The summed E-state index contributed by atoms with van der Waals surface area (Å²) in [5, 5.41) is 0. The Labute approximate surface area is 109 Å². The van der Waals surface area contributed by atoms with Crippen LogP contribution in [0.3, 0.4) is 0 Å². The van der Waals surface area contributed by atoms with Crippen LogP contribution in [-0.4, -0.2) is 12.6 Å². The van der Waals surface area contributed by atoms with Crippen LogP contribution in [0.5, 0.6) is 0 Å². The smallest absolute Gasteiger partial charge is 0.333 e. The Hall–Kier alpha value is -1.31. The van der Waals surface area contributed by atoms with Crippen LogP contribution < -0.4 is 0 Å². The molecule has 0 spiro atoms. The van der Waals surface area contributed by atoms with Crippen LogP contribution in [0.25, 0.3) is 0 Å². The zero-order chi connectivity index (χ0) is 13.0. The summed E-state index contributed by atoms with van der Waals surface area (Å²) in [6, 6.07) is 0. The van der Waals surface area contributed by atoms with E-state index < -0.39 is 0 Å². The van der Waals surface area contributed by atoms with Gasteiger partial charge in [-0.3, -0.25) is 0 Å². The van der Waals surface area contributed by atoms with Crippen molar-refractivity contribution in [1.82, 2.24) is 0 Å². The highest BCUT2D eigenvalue weighted by atomic mass is 16.5. The van der Waals surface area contributed by atoms with Crippen LogP contribution in [0.2, 0.25) is 0 Å².